The van der Waals surface area contributed by atoms with Crippen molar-refractivity contribution in [3.8, 4) is 0 Å². The summed E-state index contributed by atoms with van der Waals surface area (Å²) in [6, 6.07) is -1.02. The van der Waals surface area contributed by atoms with Gasteiger partial charge in [0.05, 0.1) is 24.2 Å². The van der Waals surface area contributed by atoms with E-state index in [-0.39, 0.29) is 16.5 Å². The average molecular weight is 486 g/mol. The summed E-state index contributed by atoms with van der Waals surface area (Å²) in [4.78, 5) is 47.7. The van der Waals surface area contributed by atoms with Gasteiger partial charge in [0.15, 0.2) is 10.8 Å². The minimum Gasteiger partial charge on any atom is -0.477 e. The standard InChI is InChI=1S/C19H24N6O5S2/c1-25(5-3-4-6-25)7-10-8-31-17-13(16(27)24(17)14(10)18(28)29)22-15(26)12(23-30-2)11-9-32-19(20)21-11/h9,13,17H,3-8H2,1-2H3,(H3-,20,21,22,26,28,29)/p+1/b23-12-/t13-,17-/m1/s1/i2+1D3. The maximum Gasteiger partial charge on any atom is 0.352 e. The molecule has 3 aliphatic rings. The third kappa shape index (κ3) is 4.07. The number of likely N-dealkylation sites (N-methyl/N-ethyl adjacent to an activating group) is 1. The lowest BCUT2D eigenvalue weighted by atomic mass is 10.0. The number of hydrogen-bond donors (Lipinski definition) is 3. The number of oxime groups is 1. The molecule has 32 heavy (non-hydrogen) atoms. The molecule has 11 nitrogen and oxygen atoms in total. The Labute approximate surface area is 197 Å². The van der Waals surface area contributed by atoms with Crippen LogP contribution < -0.4 is 11.1 Å². The second kappa shape index (κ2) is 8.71. The average Bonchev–Trinajstić information content (AvgIpc) is 3.39. The van der Waals surface area contributed by atoms with Gasteiger partial charge in [0.1, 0.15) is 36.4 Å². The smallest absolute Gasteiger partial charge is 0.352 e. The number of carboxylic acid groups (broad SMARTS) is 1. The molecule has 0 aliphatic carbocycles. The summed E-state index contributed by atoms with van der Waals surface area (Å²) in [5, 5.41) is 16.8. The summed E-state index contributed by atoms with van der Waals surface area (Å²) < 4.78 is 22.2. The number of nitrogens with one attached hydrogen (secondary N) is 1. The van der Waals surface area contributed by atoms with Gasteiger partial charge in [-0.15, -0.1) is 23.1 Å². The van der Waals surface area contributed by atoms with E-state index >= 15 is 0 Å². The number of aromatic nitrogens is 1. The summed E-state index contributed by atoms with van der Waals surface area (Å²) in [6.07, 6.45) is 2.16. The number of nitrogen functional groups attached to an aromatic ring is 1. The van der Waals surface area contributed by atoms with E-state index in [1.54, 1.807) is 0 Å². The summed E-state index contributed by atoms with van der Waals surface area (Å²) in [5.41, 5.74) is 5.82. The van der Waals surface area contributed by atoms with Gasteiger partial charge < -0.3 is 25.5 Å². The van der Waals surface area contributed by atoms with E-state index in [1.807, 2.05) is 0 Å². The number of anilines is 1. The van der Waals surface area contributed by atoms with Gasteiger partial charge in [-0.3, -0.25) is 14.5 Å². The van der Waals surface area contributed by atoms with Gasteiger partial charge in [-0.1, -0.05) is 5.16 Å². The number of nitrogens with zero attached hydrogens (tertiary/aromatic N) is 4. The number of carbonyl (C=O) groups is 3. The number of fused-ring (bicyclic) bond motifs is 1. The fourth-order valence-corrected chi connectivity index (χ4v) is 6.26. The van der Waals surface area contributed by atoms with Gasteiger partial charge >= 0.3 is 5.97 Å². The van der Waals surface area contributed by atoms with Crippen LogP contribution in [0.5, 0.6) is 0 Å². The summed E-state index contributed by atoms with van der Waals surface area (Å²) in [5.74, 6) is -2.22. The lowest BCUT2D eigenvalue weighted by Crippen LogP contribution is -2.71. The number of thioether (sulfide) groups is 1. The van der Waals surface area contributed by atoms with Crippen LogP contribution in [0.3, 0.4) is 0 Å². The number of carbonyl (C=O) groups excluding carboxylic acids is 2. The monoisotopic (exact) mass is 485 g/mol. The zero-order chi connectivity index (χ0) is 25.5. The number of thiazole rings is 1. The molecule has 0 saturated carbocycles. The van der Waals surface area contributed by atoms with Gasteiger partial charge in [0.25, 0.3) is 11.8 Å². The molecular weight excluding hydrogens is 457 g/mol. The lowest BCUT2D eigenvalue weighted by molar-refractivity contribution is -0.893. The molecule has 0 unspecified atom stereocenters. The van der Waals surface area contributed by atoms with Crippen molar-refractivity contribution in [2.45, 2.75) is 24.3 Å². The Morgan fingerprint density at radius 3 is 2.88 bits per heavy atom. The first-order valence-electron chi connectivity index (χ1n) is 11.4. The maximum absolute atomic E-state index is 13.0. The third-order valence-corrected chi connectivity index (χ3v) is 7.88. The van der Waals surface area contributed by atoms with E-state index < -0.39 is 41.9 Å². The summed E-state index contributed by atoms with van der Waals surface area (Å²) >= 11 is 2.39. The van der Waals surface area contributed by atoms with Gasteiger partial charge in [-0.2, -0.15) is 0 Å². The maximum atomic E-state index is 13.0. The first-order valence-corrected chi connectivity index (χ1v) is 11.8. The van der Waals surface area contributed by atoms with E-state index in [4.69, 9.17) is 9.85 Å². The fraction of sp³-hybridized carbons (Fsp3) is 0.526. The number of likely N-dealkylation sites (tertiary alicyclic amines) is 1. The van der Waals surface area contributed by atoms with Gasteiger partial charge in [0.2, 0.25) is 0 Å². The molecule has 0 spiro atoms. The highest BCUT2D eigenvalue weighted by molar-refractivity contribution is 8.00. The van der Waals surface area contributed by atoms with E-state index in [1.165, 1.54) is 22.0 Å². The van der Waals surface area contributed by atoms with Crippen LogP contribution in [0.2, 0.25) is 0 Å². The van der Waals surface area contributed by atoms with E-state index in [9.17, 15) is 19.5 Å². The highest BCUT2D eigenvalue weighted by Gasteiger charge is 2.55. The molecule has 1 aromatic rings. The van der Waals surface area contributed by atoms with Crippen molar-refractivity contribution in [3.05, 3.63) is 22.3 Å². The molecule has 0 bridgehead atoms. The van der Waals surface area contributed by atoms with Crippen LogP contribution in [0.1, 0.15) is 22.6 Å². The molecule has 172 valence electrons. The Balaban J connectivity index is 1.53. The first kappa shape index (κ1) is 18.9. The molecule has 2 atom stereocenters. The number of nitrogens with two attached hydrogens (primary N) is 1. The van der Waals surface area contributed by atoms with Crippen LogP contribution in [-0.2, 0) is 19.2 Å². The number of carboxylic acids is 1. The minimum atomic E-state index is -2.90. The molecule has 13 heteroatoms. The Hall–Kier alpha value is -2.64. The molecular formula is C19H25N6O5S2+. The molecule has 2 fully saturated rings. The van der Waals surface area contributed by atoms with Crippen LogP contribution in [0, 0.1) is 0 Å². The Bertz CT molecular complexity index is 1110. The highest BCUT2D eigenvalue weighted by Crippen LogP contribution is 2.41. The number of hydrogen-bond acceptors (Lipinski definition) is 9. The van der Waals surface area contributed by atoms with Crippen LogP contribution in [0.25, 0.3) is 0 Å². The molecule has 3 aliphatic heterocycles. The van der Waals surface area contributed by atoms with Crippen molar-refractivity contribution in [2.75, 3.05) is 45.2 Å². The lowest BCUT2D eigenvalue weighted by Gasteiger charge is -2.49. The minimum absolute atomic E-state index is 0.00911. The second-order valence-electron chi connectivity index (χ2n) is 8.15. The topological polar surface area (TPSA) is 147 Å². The zero-order valence-corrected chi connectivity index (χ0v) is 18.9. The van der Waals surface area contributed by atoms with Crippen LogP contribution in [-0.4, -0.2) is 93.9 Å². The Kier molecular flexibility index (Phi) is 5.14. The molecule has 4 rings (SSSR count). The number of aliphatic carboxylic acids is 1. The van der Waals surface area contributed by atoms with E-state index in [0.29, 0.717) is 17.9 Å². The second-order valence-corrected chi connectivity index (χ2v) is 10.1. The molecule has 4 N–H and O–H groups in total. The number of β-lactam (4-membered cyclic amide) rings is 1. The molecule has 0 aromatic carbocycles. The van der Waals surface area contributed by atoms with Crippen molar-refractivity contribution < 1.29 is 32.9 Å². The van der Waals surface area contributed by atoms with Crippen LogP contribution >= 0.6 is 23.1 Å². The van der Waals surface area contributed by atoms with Crippen molar-refractivity contribution >= 4 is 51.7 Å². The predicted molar refractivity (Wildman–Crippen MR) is 120 cm³/mol. The third-order valence-electron chi connectivity index (χ3n) is 5.87. The van der Waals surface area contributed by atoms with Gasteiger partial charge in [0, 0.05) is 29.5 Å². The normalized spacial score (nSPS) is 26.5. The van der Waals surface area contributed by atoms with Crippen molar-refractivity contribution in [1.29, 1.82) is 0 Å². The number of amides is 2. The van der Waals surface area contributed by atoms with Crippen molar-refractivity contribution in [1.82, 2.24) is 15.2 Å². The van der Waals surface area contributed by atoms with Gasteiger partial charge in [-0.05, 0) is 0 Å². The van der Waals surface area contributed by atoms with E-state index in [2.05, 4.69) is 27.3 Å². The summed E-state index contributed by atoms with van der Waals surface area (Å²) in [7, 11) is -0.813. The molecule has 1 aromatic heterocycles. The first-order chi connectivity index (χ1) is 16.4. The van der Waals surface area contributed by atoms with E-state index in [0.717, 1.165) is 41.8 Å². The number of quaternary nitrogens is 1. The van der Waals surface area contributed by atoms with Crippen LogP contribution in [0.4, 0.5) is 5.13 Å². The predicted octanol–water partition coefficient (Wildman–Crippen LogP) is 0.0548. The van der Waals surface area contributed by atoms with Crippen LogP contribution in [0.15, 0.2) is 21.8 Å². The van der Waals surface area contributed by atoms with Crippen molar-refractivity contribution in [3.63, 3.8) is 0 Å². The highest BCUT2D eigenvalue weighted by atomic mass is 32.2. The molecule has 4 heterocycles. The SMILES string of the molecule is [2H][13C]([2H])([2H])O/N=C(\C(=O)N[C@@H]1C(=O)N2C(C(=O)O)=C(C[N+]3(C)CCCC3)CS[C@H]12)c1csc(N)n1. The fourth-order valence-electron chi connectivity index (χ4n) is 4.38. The quantitative estimate of drug-likeness (QED) is 0.161. The van der Waals surface area contributed by atoms with Gasteiger partial charge in [-0.25, -0.2) is 9.78 Å². The largest absolute Gasteiger partial charge is 0.477 e. The molecule has 2 amide bonds. The Morgan fingerprint density at radius 2 is 2.25 bits per heavy atom. The summed E-state index contributed by atoms with van der Waals surface area (Å²) in [6.45, 7) is 2.47. The molecule has 2 saturated heterocycles. The van der Waals surface area contributed by atoms with Crippen molar-refractivity contribution in [2.24, 2.45) is 5.16 Å². The Morgan fingerprint density at radius 1 is 1.50 bits per heavy atom. The zero-order valence-electron chi connectivity index (χ0n) is 20.2. The number of rotatable bonds is 7. The molecule has 0 radical (unpaired) electrons.